The maximum absolute atomic E-state index is 12.1. The molecule has 0 bridgehead atoms. The Kier molecular flexibility index (Phi) is 6.88. The Balaban J connectivity index is 1.81. The Morgan fingerprint density at radius 3 is 3.10 bits per heavy atom. The quantitative estimate of drug-likeness (QED) is 0.707. The van der Waals surface area contributed by atoms with Gasteiger partial charge in [0.25, 0.3) is 0 Å². The van der Waals surface area contributed by atoms with Crippen molar-refractivity contribution in [1.29, 1.82) is 0 Å². The van der Waals surface area contributed by atoms with Gasteiger partial charge in [-0.2, -0.15) is 9.36 Å². The Morgan fingerprint density at radius 1 is 1.57 bits per heavy atom. The highest BCUT2D eigenvalue weighted by Gasteiger charge is 2.23. The van der Waals surface area contributed by atoms with E-state index >= 15 is 0 Å². The highest BCUT2D eigenvalue weighted by molar-refractivity contribution is 7.99. The van der Waals surface area contributed by atoms with Gasteiger partial charge < -0.3 is 5.32 Å². The lowest BCUT2D eigenvalue weighted by Crippen LogP contribution is -2.41. The summed E-state index contributed by atoms with van der Waals surface area (Å²) in [5, 5.41) is 7.54. The normalized spacial score (nSPS) is 18.3. The predicted octanol–water partition coefficient (Wildman–Crippen LogP) is 1.66. The van der Waals surface area contributed by atoms with Crippen LogP contribution in [-0.4, -0.2) is 58.1 Å². The second-order valence-corrected chi connectivity index (χ2v) is 6.80. The van der Waals surface area contributed by atoms with Crippen LogP contribution in [0.15, 0.2) is 5.16 Å². The molecule has 1 amide bonds. The van der Waals surface area contributed by atoms with Gasteiger partial charge in [-0.1, -0.05) is 25.6 Å². The van der Waals surface area contributed by atoms with Crippen molar-refractivity contribution in [3.63, 3.8) is 0 Å². The summed E-state index contributed by atoms with van der Waals surface area (Å²) in [4.78, 5) is 18.7. The first-order chi connectivity index (χ1) is 10.2. The van der Waals surface area contributed by atoms with Gasteiger partial charge in [0, 0.05) is 29.9 Å². The molecular formula is C13H23N5OS2. The summed E-state index contributed by atoms with van der Waals surface area (Å²) < 4.78 is 4.24. The third-order valence-electron chi connectivity index (χ3n) is 3.39. The highest BCUT2D eigenvalue weighted by atomic mass is 32.2. The molecule has 0 aromatic carbocycles. The van der Waals surface area contributed by atoms with Crippen molar-refractivity contribution in [2.24, 2.45) is 0 Å². The van der Waals surface area contributed by atoms with Gasteiger partial charge in [-0.15, -0.1) is 0 Å². The van der Waals surface area contributed by atoms with E-state index < -0.39 is 0 Å². The van der Waals surface area contributed by atoms with Crippen LogP contribution in [0, 0.1) is 0 Å². The SMILES string of the molecule is CCCSc1nsc(NC(=O)CN(CC)C2CCNC2)n1. The maximum Gasteiger partial charge on any atom is 0.240 e. The summed E-state index contributed by atoms with van der Waals surface area (Å²) >= 11 is 2.88. The maximum atomic E-state index is 12.1. The smallest absolute Gasteiger partial charge is 0.240 e. The number of likely N-dealkylation sites (N-methyl/N-ethyl adjacent to an activating group) is 1. The Hall–Kier alpha value is -0.700. The van der Waals surface area contributed by atoms with Gasteiger partial charge in [0.15, 0.2) is 0 Å². The fourth-order valence-corrected chi connectivity index (χ4v) is 3.72. The minimum absolute atomic E-state index is 0.00746. The molecule has 2 rings (SSSR count). The molecule has 1 aliphatic heterocycles. The Bertz CT molecular complexity index is 448. The lowest BCUT2D eigenvalue weighted by Gasteiger charge is -2.25. The number of amides is 1. The number of carbonyl (C=O) groups is 1. The number of aromatic nitrogens is 2. The number of rotatable bonds is 8. The van der Waals surface area contributed by atoms with E-state index in [0.29, 0.717) is 17.7 Å². The first-order valence-corrected chi connectivity index (χ1v) is 9.20. The molecule has 2 N–H and O–H groups in total. The summed E-state index contributed by atoms with van der Waals surface area (Å²) in [5.74, 6) is 0.995. The molecule has 1 saturated heterocycles. The van der Waals surface area contributed by atoms with E-state index in [4.69, 9.17) is 0 Å². The number of nitrogens with one attached hydrogen (secondary N) is 2. The summed E-state index contributed by atoms with van der Waals surface area (Å²) in [7, 11) is 0. The molecule has 0 spiro atoms. The average Bonchev–Trinajstić information content (AvgIpc) is 3.14. The molecule has 1 aromatic rings. The molecule has 1 aliphatic rings. The van der Waals surface area contributed by atoms with Crippen molar-refractivity contribution >= 4 is 34.3 Å². The molecule has 0 aliphatic carbocycles. The van der Waals surface area contributed by atoms with E-state index in [9.17, 15) is 4.79 Å². The Labute approximate surface area is 134 Å². The molecule has 1 unspecified atom stereocenters. The van der Waals surface area contributed by atoms with E-state index in [0.717, 1.165) is 43.4 Å². The van der Waals surface area contributed by atoms with Gasteiger partial charge in [0.05, 0.1) is 6.54 Å². The standard InChI is InChI=1S/C13H23N5OS2/c1-3-7-20-13-16-12(21-17-13)15-11(19)9-18(4-2)10-5-6-14-8-10/h10,14H,3-9H2,1-2H3,(H,15,16,17,19). The van der Waals surface area contributed by atoms with E-state index in [1.807, 2.05) is 0 Å². The molecule has 1 fully saturated rings. The van der Waals surface area contributed by atoms with Gasteiger partial charge >= 0.3 is 0 Å². The van der Waals surface area contributed by atoms with Crippen molar-refractivity contribution in [2.75, 3.05) is 37.2 Å². The third kappa shape index (κ3) is 5.21. The lowest BCUT2D eigenvalue weighted by molar-refractivity contribution is -0.117. The van der Waals surface area contributed by atoms with Crippen LogP contribution in [0.4, 0.5) is 5.13 Å². The van der Waals surface area contributed by atoms with Crippen molar-refractivity contribution in [1.82, 2.24) is 19.6 Å². The molecule has 8 heteroatoms. The van der Waals surface area contributed by atoms with Crippen LogP contribution in [0.3, 0.4) is 0 Å². The van der Waals surface area contributed by atoms with E-state index in [1.54, 1.807) is 11.8 Å². The number of carbonyl (C=O) groups excluding carboxylic acids is 1. The van der Waals surface area contributed by atoms with Crippen molar-refractivity contribution in [3.05, 3.63) is 0 Å². The first kappa shape index (κ1) is 16.7. The molecule has 2 heterocycles. The van der Waals surface area contributed by atoms with Gasteiger partial charge in [0.1, 0.15) is 0 Å². The summed E-state index contributed by atoms with van der Waals surface area (Å²) in [6.45, 7) is 7.53. The zero-order valence-electron chi connectivity index (χ0n) is 12.6. The molecule has 118 valence electrons. The lowest BCUT2D eigenvalue weighted by atomic mass is 10.2. The largest absolute Gasteiger partial charge is 0.315 e. The molecule has 1 aromatic heterocycles. The predicted molar refractivity (Wildman–Crippen MR) is 88.1 cm³/mol. The van der Waals surface area contributed by atoms with Crippen molar-refractivity contribution in [3.8, 4) is 0 Å². The minimum Gasteiger partial charge on any atom is -0.315 e. The summed E-state index contributed by atoms with van der Waals surface area (Å²) in [6, 6.07) is 0.464. The summed E-state index contributed by atoms with van der Waals surface area (Å²) in [6.07, 6.45) is 2.20. The van der Waals surface area contributed by atoms with E-state index in [1.165, 1.54) is 11.5 Å². The molecule has 0 saturated carbocycles. The number of nitrogens with zero attached hydrogens (tertiary/aromatic N) is 3. The topological polar surface area (TPSA) is 70.2 Å². The van der Waals surface area contributed by atoms with Crippen LogP contribution < -0.4 is 10.6 Å². The van der Waals surface area contributed by atoms with Crippen LogP contribution in [0.1, 0.15) is 26.7 Å². The third-order valence-corrected chi connectivity index (χ3v) is 5.19. The monoisotopic (exact) mass is 329 g/mol. The van der Waals surface area contributed by atoms with Crippen LogP contribution in [0.25, 0.3) is 0 Å². The van der Waals surface area contributed by atoms with Crippen LogP contribution in [0.5, 0.6) is 0 Å². The second-order valence-electron chi connectivity index (χ2n) is 4.99. The fourth-order valence-electron chi connectivity index (χ4n) is 2.31. The van der Waals surface area contributed by atoms with E-state index in [-0.39, 0.29) is 5.91 Å². The zero-order chi connectivity index (χ0) is 15.1. The summed E-state index contributed by atoms with van der Waals surface area (Å²) in [5.41, 5.74) is 0. The Morgan fingerprint density at radius 2 is 2.43 bits per heavy atom. The minimum atomic E-state index is -0.00746. The molecule has 1 atom stereocenters. The fraction of sp³-hybridized carbons (Fsp3) is 0.769. The van der Waals surface area contributed by atoms with Crippen molar-refractivity contribution < 1.29 is 4.79 Å². The van der Waals surface area contributed by atoms with Crippen LogP contribution in [0.2, 0.25) is 0 Å². The molecule has 21 heavy (non-hydrogen) atoms. The number of anilines is 1. The number of thioether (sulfide) groups is 1. The zero-order valence-corrected chi connectivity index (χ0v) is 14.2. The molecular weight excluding hydrogens is 306 g/mol. The first-order valence-electron chi connectivity index (χ1n) is 7.44. The van der Waals surface area contributed by atoms with Crippen LogP contribution in [-0.2, 0) is 4.79 Å². The average molecular weight is 329 g/mol. The number of hydrogen-bond acceptors (Lipinski definition) is 7. The second kappa shape index (κ2) is 8.67. The van der Waals surface area contributed by atoms with Gasteiger partial charge in [-0.3, -0.25) is 15.0 Å². The van der Waals surface area contributed by atoms with Gasteiger partial charge in [-0.05, 0) is 25.9 Å². The number of hydrogen-bond donors (Lipinski definition) is 2. The van der Waals surface area contributed by atoms with Crippen LogP contribution >= 0.6 is 23.3 Å². The van der Waals surface area contributed by atoms with E-state index in [2.05, 4.69) is 38.7 Å². The highest BCUT2D eigenvalue weighted by Crippen LogP contribution is 2.20. The van der Waals surface area contributed by atoms with Gasteiger partial charge in [0.2, 0.25) is 16.2 Å². The van der Waals surface area contributed by atoms with Crippen molar-refractivity contribution in [2.45, 2.75) is 37.9 Å². The molecule has 0 radical (unpaired) electrons. The molecule has 6 nitrogen and oxygen atoms in total. The van der Waals surface area contributed by atoms with Gasteiger partial charge in [-0.25, -0.2) is 0 Å².